The van der Waals surface area contributed by atoms with Gasteiger partial charge in [0.2, 0.25) is 0 Å². The fraction of sp³-hybridized carbons (Fsp3) is 0.520. The maximum Gasteiger partial charge on any atom is 0.265 e. The van der Waals surface area contributed by atoms with E-state index in [0.717, 1.165) is 51.6 Å². The monoisotopic (exact) mass is 468 g/mol. The summed E-state index contributed by atoms with van der Waals surface area (Å²) in [5.74, 6) is 0.779. The molecule has 1 amide bonds. The molecule has 0 spiro atoms. The molecule has 182 valence electrons. The molecule has 1 saturated heterocycles. The average molecular weight is 469 g/mol. The summed E-state index contributed by atoms with van der Waals surface area (Å²) in [4.78, 5) is 25.8. The number of aryl methyl sites for hydroxylation is 1. The van der Waals surface area contributed by atoms with E-state index < -0.39 is 0 Å². The summed E-state index contributed by atoms with van der Waals surface area (Å²) in [6, 6.07) is 4.39. The van der Waals surface area contributed by atoms with Gasteiger partial charge in [-0.2, -0.15) is 0 Å². The molecule has 2 aliphatic rings. The Bertz CT molecular complexity index is 1030. The topological polar surface area (TPSA) is 101 Å². The predicted octanol–water partition coefficient (Wildman–Crippen LogP) is 4.20. The third-order valence-corrected chi connectivity index (χ3v) is 6.42. The Balaban J connectivity index is 1.51. The number of carbonyl (C=O) groups excluding carboxylic acids is 1. The van der Waals surface area contributed by atoms with Crippen LogP contribution >= 0.6 is 0 Å². The molecule has 1 saturated carbocycles. The van der Waals surface area contributed by atoms with Crippen LogP contribution < -0.4 is 20.7 Å². The van der Waals surface area contributed by atoms with Crippen molar-refractivity contribution in [3.05, 3.63) is 36.0 Å². The third-order valence-electron chi connectivity index (χ3n) is 6.42. The Morgan fingerprint density at radius 2 is 1.97 bits per heavy atom. The molecule has 0 atom stereocenters. The van der Waals surface area contributed by atoms with E-state index in [9.17, 15) is 9.18 Å². The number of anilines is 2. The van der Waals surface area contributed by atoms with Gasteiger partial charge in [0.05, 0.1) is 17.5 Å². The van der Waals surface area contributed by atoms with Crippen LogP contribution in [0.3, 0.4) is 0 Å². The van der Waals surface area contributed by atoms with Crippen LogP contribution in [0.15, 0.2) is 29.5 Å². The minimum atomic E-state index is -0.364. The van der Waals surface area contributed by atoms with Crippen LogP contribution in [0.1, 0.15) is 51.1 Å². The Morgan fingerprint density at radius 1 is 1.21 bits per heavy atom. The molecular weight excluding hydrogens is 435 g/mol. The van der Waals surface area contributed by atoms with Crippen LogP contribution in [0, 0.1) is 18.7 Å². The van der Waals surface area contributed by atoms with E-state index in [1.165, 1.54) is 18.5 Å². The van der Waals surface area contributed by atoms with Crippen LogP contribution in [0.25, 0.3) is 0 Å². The Hall–Kier alpha value is -3.07. The lowest BCUT2D eigenvalue weighted by Crippen LogP contribution is -2.38. The second kappa shape index (κ2) is 11.4. The number of benzene rings is 1. The zero-order chi connectivity index (χ0) is 23.9. The Labute approximate surface area is 199 Å². The van der Waals surface area contributed by atoms with Gasteiger partial charge in [0, 0.05) is 12.6 Å². The fourth-order valence-electron chi connectivity index (χ4n) is 4.37. The lowest BCUT2D eigenvalue weighted by molar-refractivity contribution is -0.115. The van der Waals surface area contributed by atoms with Crippen molar-refractivity contribution in [2.24, 2.45) is 10.9 Å². The van der Waals surface area contributed by atoms with E-state index >= 15 is 0 Å². The van der Waals surface area contributed by atoms with Gasteiger partial charge in [-0.25, -0.2) is 19.4 Å². The van der Waals surface area contributed by atoms with Crippen molar-refractivity contribution < 1.29 is 13.9 Å². The maximum absolute atomic E-state index is 14.0. The number of carbonyl (C=O) groups is 1. The number of halogens is 1. The molecule has 2 heterocycles. The van der Waals surface area contributed by atoms with E-state index in [4.69, 9.17) is 4.74 Å². The Kier molecular flexibility index (Phi) is 8.05. The minimum absolute atomic E-state index is 0.0814. The number of hydrogen-bond acceptors (Lipinski definition) is 7. The fourth-order valence-corrected chi connectivity index (χ4v) is 4.37. The van der Waals surface area contributed by atoms with Crippen LogP contribution in [0.5, 0.6) is 5.75 Å². The van der Waals surface area contributed by atoms with Crippen molar-refractivity contribution in [3.63, 3.8) is 0 Å². The highest BCUT2D eigenvalue weighted by Crippen LogP contribution is 2.35. The number of nitrogens with zero attached hydrogens (tertiary/aromatic N) is 3. The Morgan fingerprint density at radius 3 is 2.74 bits per heavy atom. The highest BCUT2D eigenvalue weighted by molar-refractivity contribution is 6.38. The molecule has 4 rings (SSSR count). The van der Waals surface area contributed by atoms with Crippen LogP contribution in [-0.2, 0) is 4.79 Å². The highest BCUT2D eigenvalue weighted by atomic mass is 19.1. The van der Waals surface area contributed by atoms with Crippen molar-refractivity contribution >= 4 is 28.8 Å². The van der Waals surface area contributed by atoms with Crippen molar-refractivity contribution in [3.8, 4) is 5.75 Å². The second-order valence-electron chi connectivity index (χ2n) is 9.05. The summed E-state index contributed by atoms with van der Waals surface area (Å²) >= 11 is 0. The van der Waals surface area contributed by atoms with E-state index in [1.807, 2.05) is 6.92 Å². The molecule has 34 heavy (non-hydrogen) atoms. The van der Waals surface area contributed by atoms with E-state index in [1.54, 1.807) is 13.0 Å². The number of aliphatic imine (C=N–C) groups is 1. The SMILES string of the molecule is CC(=Nc1c(C)ncnc1Nc1ccc(F)cc1OC1CCCC1)C(=O)NCC1CCNCC1. The largest absolute Gasteiger partial charge is 0.488 e. The van der Waals surface area contributed by atoms with Gasteiger partial charge < -0.3 is 20.7 Å². The maximum atomic E-state index is 14.0. The lowest BCUT2D eigenvalue weighted by Gasteiger charge is -2.22. The molecule has 3 N–H and O–H groups in total. The summed E-state index contributed by atoms with van der Waals surface area (Å²) in [7, 11) is 0. The zero-order valence-corrected chi connectivity index (χ0v) is 19.9. The molecule has 0 bridgehead atoms. The summed E-state index contributed by atoms with van der Waals surface area (Å²) in [5.41, 5.74) is 2.02. The molecule has 1 aliphatic carbocycles. The summed E-state index contributed by atoms with van der Waals surface area (Å²) < 4.78 is 20.1. The molecule has 2 fully saturated rings. The smallest absolute Gasteiger partial charge is 0.265 e. The standard InChI is InChI=1S/C25H33FN6O2/c1-16-23(31-17(2)25(33)28-14-18-9-11-27-12-10-18)24(30-15-29-16)32-21-8-7-19(26)13-22(21)34-20-5-3-4-6-20/h7-8,13,15,18,20,27H,3-6,9-12,14H2,1-2H3,(H,28,33)(H,29,30,32). The summed E-state index contributed by atoms with van der Waals surface area (Å²) in [6.07, 6.45) is 7.78. The minimum Gasteiger partial charge on any atom is -0.488 e. The van der Waals surface area contributed by atoms with Crippen molar-refractivity contribution in [1.29, 1.82) is 0 Å². The first-order valence-electron chi connectivity index (χ1n) is 12.1. The summed E-state index contributed by atoms with van der Waals surface area (Å²) in [5, 5.41) is 9.55. The molecule has 8 nitrogen and oxygen atoms in total. The molecule has 2 aromatic rings. The lowest BCUT2D eigenvalue weighted by atomic mass is 9.98. The van der Waals surface area contributed by atoms with E-state index in [0.29, 0.717) is 46.8 Å². The van der Waals surface area contributed by atoms with Gasteiger partial charge in [0.25, 0.3) is 5.91 Å². The van der Waals surface area contributed by atoms with Crippen molar-refractivity contribution in [2.75, 3.05) is 25.0 Å². The summed E-state index contributed by atoms with van der Waals surface area (Å²) in [6.45, 7) is 6.10. The highest BCUT2D eigenvalue weighted by Gasteiger charge is 2.20. The number of ether oxygens (including phenoxy) is 1. The van der Waals surface area contributed by atoms with Crippen LogP contribution in [0.4, 0.5) is 21.6 Å². The van der Waals surface area contributed by atoms with Gasteiger partial charge in [-0.3, -0.25) is 4.79 Å². The zero-order valence-electron chi connectivity index (χ0n) is 19.9. The number of amides is 1. The number of nitrogens with one attached hydrogen (secondary N) is 3. The molecule has 1 aliphatic heterocycles. The quantitative estimate of drug-likeness (QED) is 0.502. The predicted molar refractivity (Wildman–Crippen MR) is 131 cm³/mol. The first-order chi connectivity index (χ1) is 16.5. The number of aromatic nitrogens is 2. The van der Waals surface area contributed by atoms with Crippen molar-refractivity contribution in [1.82, 2.24) is 20.6 Å². The first kappa shape index (κ1) is 24.1. The second-order valence-corrected chi connectivity index (χ2v) is 9.05. The molecule has 0 radical (unpaired) electrons. The van der Waals surface area contributed by atoms with Gasteiger partial charge in [-0.1, -0.05) is 0 Å². The molecule has 1 aromatic carbocycles. The van der Waals surface area contributed by atoms with Crippen molar-refractivity contribution in [2.45, 2.75) is 58.5 Å². The van der Waals surface area contributed by atoms with Gasteiger partial charge in [-0.15, -0.1) is 0 Å². The van der Waals surface area contributed by atoms with Gasteiger partial charge >= 0.3 is 0 Å². The molecule has 1 aromatic heterocycles. The van der Waals surface area contributed by atoms with Gasteiger partial charge in [-0.05, 0) is 83.5 Å². The number of piperidine rings is 1. The van der Waals surface area contributed by atoms with Gasteiger partial charge in [0.1, 0.15) is 29.3 Å². The first-order valence-corrected chi connectivity index (χ1v) is 12.1. The number of hydrogen-bond donors (Lipinski definition) is 3. The third kappa shape index (κ3) is 6.28. The number of rotatable bonds is 8. The molecule has 0 unspecified atom stereocenters. The average Bonchev–Trinajstić information content (AvgIpc) is 3.35. The van der Waals surface area contributed by atoms with Gasteiger partial charge in [0.15, 0.2) is 5.82 Å². The normalized spacial score (nSPS) is 17.6. The molecule has 9 heteroatoms. The van der Waals surface area contributed by atoms with Crippen LogP contribution in [0.2, 0.25) is 0 Å². The molecular formula is C25H33FN6O2. The van der Waals surface area contributed by atoms with E-state index in [2.05, 4.69) is 30.9 Å². The van der Waals surface area contributed by atoms with Crippen LogP contribution in [-0.4, -0.2) is 47.3 Å². The van der Waals surface area contributed by atoms with E-state index in [-0.39, 0.29) is 17.8 Å².